The molecule has 0 saturated heterocycles. The predicted molar refractivity (Wildman–Crippen MR) is 87.3 cm³/mol. The van der Waals surface area contributed by atoms with E-state index in [1.165, 1.54) is 18.2 Å². The lowest BCUT2D eigenvalue weighted by molar-refractivity contribution is -0.150. The third-order valence-electron chi connectivity index (χ3n) is 3.43. The first kappa shape index (κ1) is 20.3. The van der Waals surface area contributed by atoms with Crippen molar-refractivity contribution in [2.45, 2.75) is 19.8 Å². The lowest BCUT2D eigenvalue weighted by Crippen LogP contribution is -2.33. The van der Waals surface area contributed by atoms with Gasteiger partial charge in [-0.25, -0.2) is 0 Å². The van der Waals surface area contributed by atoms with Gasteiger partial charge < -0.3 is 14.6 Å². The summed E-state index contributed by atoms with van der Waals surface area (Å²) in [6.07, 6.45) is 0. The predicted octanol–water partition coefficient (Wildman–Crippen LogP) is 2.53. The summed E-state index contributed by atoms with van der Waals surface area (Å²) in [5, 5.41) is 29.2. The van der Waals surface area contributed by atoms with E-state index in [0.717, 1.165) is 0 Å². The van der Waals surface area contributed by atoms with Crippen molar-refractivity contribution in [3.8, 4) is 17.9 Å². The van der Waals surface area contributed by atoms with Gasteiger partial charge in [0.15, 0.2) is 11.8 Å². The molecule has 0 aliphatic heterocycles. The molecule has 1 N–H and O–H groups in total. The van der Waals surface area contributed by atoms with Crippen LogP contribution in [-0.2, 0) is 19.1 Å². The number of ether oxygens (including phenoxy) is 2. The van der Waals surface area contributed by atoms with E-state index in [-0.39, 0.29) is 29.5 Å². The number of aromatic hydroxyl groups is 1. The Balaban J connectivity index is 3.52. The summed E-state index contributed by atoms with van der Waals surface area (Å²) in [5.41, 5.74) is 0.0201. The van der Waals surface area contributed by atoms with Gasteiger partial charge in [0.05, 0.1) is 25.4 Å². The van der Waals surface area contributed by atoms with E-state index in [1.54, 1.807) is 26.0 Å². The number of halogens is 1. The van der Waals surface area contributed by atoms with Crippen molar-refractivity contribution in [2.75, 3.05) is 13.2 Å². The first-order valence-corrected chi connectivity index (χ1v) is 7.89. The molecule has 132 valence electrons. The second kappa shape index (κ2) is 9.51. The number of benzene rings is 1. The standard InChI is InChI=1S/C17H17ClN2O5/c1-3-24-16(22)12(8-19)15(13(9-20)17(23)25-4-2)11-7-10(18)5-6-14(11)21/h5-7,12-13,15,21H,3-4H2,1-2H3/t12-,13-/m1/s1. The van der Waals surface area contributed by atoms with Gasteiger partial charge >= 0.3 is 11.9 Å². The van der Waals surface area contributed by atoms with Crippen LogP contribution in [0.15, 0.2) is 18.2 Å². The van der Waals surface area contributed by atoms with E-state index in [9.17, 15) is 25.2 Å². The maximum atomic E-state index is 12.2. The van der Waals surface area contributed by atoms with Gasteiger partial charge in [-0.05, 0) is 32.0 Å². The molecule has 1 aromatic carbocycles. The molecule has 7 nitrogen and oxygen atoms in total. The summed E-state index contributed by atoms with van der Waals surface area (Å²) in [4.78, 5) is 24.3. The molecule has 2 atom stereocenters. The Kier molecular flexibility index (Phi) is 7.71. The summed E-state index contributed by atoms with van der Waals surface area (Å²) in [6.45, 7) is 3.15. The van der Waals surface area contributed by atoms with Crippen LogP contribution >= 0.6 is 11.6 Å². The summed E-state index contributed by atoms with van der Waals surface area (Å²) in [6, 6.07) is 7.46. The van der Waals surface area contributed by atoms with Gasteiger partial charge in [-0.2, -0.15) is 10.5 Å². The number of hydrogen-bond donors (Lipinski definition) is 1. The fourth-order valence-electron chi connectivity index (χ4n) is 2.37. The third-order valence-corrected chi connectivity index (χ3v) is 3.66. The van der Waals surface area contributed by atoms with E-state index in [0.29, 0.717) is 0 Å². The number of phenolic OH excluding ortho intramolecular Hbond substituents is 1. The molecule has 25 heavy (non-hydrogen) atoms. The zero-order valence-corrected chi connectivity index (χ0v) is 14.5. The Morgan fingerprint density at radius 1 is 1.12 bits per heavy atom. The molecular weight excluding hydrogens is 348 g/mol. The van der Waals surface area contributed by atoms with Crippen molar-refractivity contribution in [3.05, 3.63) is 28.8 Å². The van der Waals surface area contributed by atoms with Crippen molar-refractivity contribution in [2.24, 2.45) is 11.8 Å². The van der Waals surface area contributed by atoms with Crippen LogP contribution in [0, 0.1) is 34.5 Å². The fourth-order valence-corrected chi connectivity index (χ4v) is 2.55. The molecular formula is C17H17ClN2O5. The van der Waals surface area contributed by atoms with Crippen LogP contribution < -0.4 is 0 Å². The van der Waals surface area contributed by atoms with Crippen LogP contribution in [0.1, 0.15) is 25.3 Å². The molecule has 1 aromatic rings. The maximum absolute atomic E-state index is 12.2. The van der Waals surface area contributed by atoms with Crippen LogP contribution in [0.25, 0.3) is 0 Å². The van der Waals surface area contributed by atoms with Crippen LogP contribution in [0.4, 0.5) is 0 Å². The molecule has 1 rings (SSSR count). The fraction of sp³-hybridized carbons (Fsp3) is 0.412. The minimum Gasteiger partial charge on any atom is -0.508 e. The molecule has 0 amide bonds. The Labute approximate surface area is 150 Å². The van der Waals surface area contributed by atoms with E-state index < -0.39 is 29.7 Å². The number of nitrogens with zero attached hydrogens (tertiary/aromatic N) is 2. The Morgan fingerprint density at radius 2 is 1.60 bits per heavy atom. The summed E-state index contributed by atoms with van der Waals surface area (Å²) < 4.78 is 9.73. The Bertz CT molecular complexity index is 687. The van der Waals surface area contributed by atoms with Gasteiger partial charge in [0.1, 0.15) is 5.75 Å². The van der Waals surface area contributed by atoms with E-state index in [1.807, 2.05) is 0 Å². The molecule has 0 aliphatic carbocycles. The zero-order chi connectivity index (χ0) is 19.0. The van der Waals surface area contributed by atoms with Gasteiger partial charge in [0.2, 0.25) is 0 Å². The topological polar surface area (TPSA) is 120 Å². The van der Waals surface area contributed by atoms with Gasteiger partial charge in [0.25, 0.3) is 0 Å². The van der Waals surface area contributed by atoms with Gasteiger partial charge in [-0.15, -0.1) is 0 Å². The summed E-state index contributed by atoms with van der Waals surface area (Å²) in [5.74, 6) is -6.41. The number of hydrogen-bond acceptors (Lipinski definition) is 7. The first-order valence-electron chi connectivity index (χ1n) is 7.52. The number of rotatable bonds is 7. The lowest BCUT2D eigenvalue weighted by Gasteiger charge is -2.25. The smallest absolute Gasteiger partial charge is 0.324 e. The minimum atomic E-state index is -1.50. The van der Waals surface area contributed by atoms with Gasteiger partial charge in [-0.1, -0.05) is 11.6 Å². The van der Waals surface area contributed by atoms with Crippen molar-refractivity contribution in [3.63, 3.8) is 0 Å². The molecule has 0 unspecified atom stereocenters. The number of carbonyl (C=O) groups is 2. The molecule has 0 saturated carbocycles. The van der Waals surface area contributed by atoms with Crippen LogP contribution in [0.2, 0.25) is 5.02 Å². The number of phenols is 1. The van der Waals surface area contributed by atoms with E-state index in [4.69, 9.17) is 21.1 Å². The monoisotopic (exact) mass is 364 g/mol. The average Bonchev–Trinajstić information content (AvgIpc) is 2.57. The number of nitriles is 2. The second-order valence-electron chi connectivity index (χ2n) is 4.95. The maximum Gasteiger partial charge on any atom is 0.324 e. The highest BCUT2D eigenvalue weighted by molar-refractivity contribution is 6.30. The van der Waals surface area contributed by atoms with Crippen molar-refractivity contribution >= 4 is 23.5 Å². The Morgan fingerprint density at radius 3 is 2.00 bits per heavy atom. The van der Waals surface area contributed by atoms with Crippen LogP contribution in [0.3, 0.4) is 0 Å². The summed E-state index contributed by atoms with van der Waals surface area (Å²) in [7, 11) is 0. The normalized spacial score (nSPS) is 12.6. The van der Waals surface area contributed by atoms with Crippen LogP contribution in [0.5, 0.6) is 5.75 Å². The molecule has 0 radical (unpaired) electrons. The first-order chi connectivity index (χ1) is 11.9. The zero-order valence-electron chi connectivity index (χ0n) is 13.7. The quantitative estimate of drug-likeness (QED) is 0.738. The van der Waals surface area contributed by atoms with Crippen LogP contribution in [-0.4, -0.2) is 30.3 Å². The summed E-state index contributed by atoms with van der Waals surface area (Å²) >= 11 is 5.93. The molecule has 0 heterocycles. The number of esters is 2. The van der Waals surface area contributed by atoms with E-state index in [2.05, 4.69) is 0 Å². The second-order valence-corrected chi connectivity index (χ2v) is 5.38. The SMILES string of the molecule is CCOC(=O)[C@H](C#N)C(c1cc(Cl)ccc1O)[C@@H](C#N)C(=O)OCC. The molecule has 0 aromatic heterocycles. The number of carbonyl (C=O) groups excluding carboxylic acids is 2. The lowest BCUT2D eigenvalue weighted by atomic mass is 9.77. The minimum absolute atomic E-state index is 0.0158. The Hall–Kier alpha value is -2.77. The molecule has 8 heteroatoms. The highest BCUT2D eigenvalue weighted by Crippen LogP contribution is 2.39. The highest BCUT2D eigenvalue weighted by atomic mass is 35.5. The van der Waals surface area contributed by atoms with Crippen molar-refractivity contribution in [1.29, 1.82) is 10.5 Å². The van der Waals surface area contributed by atoms with E-state index >= 15 is 0 Å². The van der Waals surface area contributed by atoms with Crippen molar-refractivity contribution < 1.29 is 24.2 Å². The average molecular weight is 365 g/mol. The molecule has 0 bridgehead atoms. The molecule has 0 aliphatic rings. The molecule has 0 spiro atoms. The highest BCUT2D eigenvalue weighted by Gasteiger charge is 2.42. The van der Waals surface area contributed by atoms with Gasteiger partial charge in [0, 0.05) is 16.5 Å². The van der Waals surface area contributed by atoms with Crippen molar-refractivity contribution in [1.82, 2.24) is 0 Å². The van der Waals surface area contributed by atoms with Gasteiger partial charge in [-0.3, -0.25) is 9.59 Å². The molecule has 0 fully saturated rings. The largest absolute Gasteiger partial charge is 0.508 e. The third kappa shape index (κ3) is 4.85.